The van der Waals surface area contributed by atoms with E-state index < -0.39 is 5.60 Å². The van der Waals surface area contributed by atoms with Crippen LogP contribution in [0.3, 0.4) is 0 Å². The predicted molar refractivity (Wildman–Crippen MR) is 409 cm³/mol. The SMILES string of the molecule is C=c1c(C)c(-c2cc(C3CC3)cc3ccc(F)c(CC)c23)nc/c1=C(/N=C(\C)OC[C@@]12CCCN1C(COCO)CC2)N1CCC[C@@](C)(O)C1.CC.CC.CC.CCCC(CC)CCC(C)C.CCCCC(CCC)c1cc2c(cc1C)c(C(CCC=O)C(=O)C(C)CC)nn2C. The molecule has 0 bridgehead atoms. The lowest BCUT2D eigenvalue weighted by atomic mass is 9.83. The number of likely N-dealkylation sites (tertiary alicyclic amines) is 1. The fraction of sp³-hybridized carbons (Fsp3) is 0.679. The molecule has 97 heavy (non-hydrogen) atoms. The molecule has 2 aromatic heterocycles. The zero-order valence-corrected chi connectivity index (χ0v) is 64.8. The highest BCUT2D eigenvalue weighted by Gasteiger charge is 2.50. The molecule has 3 aliphatic heterocycles. The highest BCUT2D eigenvalue weighted by molar-refractivity contribution is 6.00. The van der Waals surface area contributed by atoms with Crippen molar-refractivity contribution in [1.82, 2.24) is 24.6 Å². The van der Waals surface area contributed by atoms with Crippen molar-refractivity contribution in [3.8, 4) is 11.3 Å². The summed E-state index contributed by atoms with van der Waals surface area (Å²) in [5, 5.41) is 29.8. The van der Waals surface area contributed by atoms with Crippen LogP contribution in [0.2, 0.25) is 0 Å². The number of Topliss-reactive ketones (excluding diaryl/α,β-unsaturated/α-hetero) is 1. The van der Waals surface area contributed by atoms with Crippen molar-refractivity contribution in [3.05, 3.63) is 92.4 Å². The lowest BCUT2D eigenvalue weighted by Gasteiger charge is -2.38. The summed E-state index contributed by atoms with van der Waals surface area (Å²) in [5.74, 6) is 3.95. The number of β-amino-alcohol motifs (C(OH)–C–C–N with tert-alkyl or cyclic N) is 1. The number of carbonyl (C=O) groups excluding carboxylic acids is 2. The van der Waals surface area contributed by atoms with Gasteiger partial charge in [-0.3, -0.25) is 19.4 Å². The Balaban J connectivity index is 0.000000360. The molecule has 4 fully saturated rings. The van der Waals surface area contributed by atoms with Gasteiger partial charge in [-0.15, -0.1) is 0 Å². The maximum Gasteiger partial charge on any atom is 0.186 e. The number of aryl methyl sites for hydroxylation is 3. The summed E-state index contributed by atoms with van der Waals surface area (Å²) >= 11 is 0. The van der Waals surface area contributed by atoms with E-state index in [2.05, 4.69) is 96.0 Å². The summed E-state index contributed by atoms with van der Waals surface area (Å²) in [6, 6.07) is 12.8. The minimum atomic E-state index is -0.848. The average Bonchev–Trinajstić information content (AvgIpc) is 1.68. The van der Waals surface area contributed by atoms with Crippen LogP contribution in [0.1, 0.15) is 304 Å². The Labute approximate surface area is 588 Å². The van der Waals surface area contributed by atoms with Gasteiger partial charge in [-0.05, 0) is 203 Å². The molecule has 13 heteroatoms. The quantitative estimate of drug-likeness (QED) is 0.0206. The summed E-state index contributed by atoms with van der Waals surface area (Å²) in [6.07, 6.45) is 26.3. The molecule has 9 rings (SSSR count). The van der Waals surface area contributed by atoms with Gasteiger partial charge in [0, 0.05) is 67.8 Å². The molecule has 0 amide bonds. The number of hydrogen-bond acceptors (Lipinski definition) is 11. The maximum atomic E-state index is 15.2. The number of unbranched alkanes of at least 4 members (excludes halogenated alkanes) is 1. The van der Waals surface area contributed by atoms with Crippen molar-refractivity contribution in [1.29, 1.82) is 0 Å². The minimum Gasteiger partial charge on any atom is -0.479 e. The molecule has 3 saturated heterocycles. The van der Waals surface area contributed by atoms with Crippen LogP contribution in [0.4, 0.5) is 4.39 Å². The minimum absolute atomic E-state index is 0.0259. The Bertz CT molecular complexity index is 3350. The molecule has 12 nitrogen and oxygen atoms in total. The number of ketones is 1. The van der Waals surface area contributed by atoms with Crippen LogP contribution in [-0.4, -0.2) is 110 Å². The third kappa shape index (κ3) is 22.6. The standard InChI is InChI=1S/C41H53FN4O4.C26H40N2O2.C11H24.3C2H6/c1-6-33-36(42)12-11-30-19-31(29-9-10-29)20-34(37(30)33)38-27(3)26(2)35(21-43-38)39(45-17-7-14-40(5,48)23-45)44-28(4)50-24-41-15-8-18-46(41)32(13-16-41)22-49-25-47;1-7-10-13-20(12-8-2)22-17-24-23(16-19(22)5)25(27-28(24)6)21(14-11-15-29)26(30)18(4)9-3;1-5-7-11(6-2)9-8-10(3)4;3*1-2/h11-12,19-21,29,32,47-48H,2,6-10,13-18,22-25H2,1,3-5H3;15-18,20-21H,7-14H2,1-6H3;10-11H,5-9H2,1-4H3;3*1-2H3/b39-35+,44-28+;;;;;/t32?,40-,41+;;;;;/m1...../s1. The largest absolute Gasteiger partial charge is 0.479 e. The van der Waals surface area contributed by atoms with Gasteiger partial charge in [0.15, 0.2) is 5.90 Å². The van der Waals surface area contributed by atoms with E-state index in [-0.39, 0.29) is 41.8 Å². The molecule has 0 spiro atoms. The predicted octanol–water partition coefficient (Wildman–Crippen LogP) is 19.5. The number of pyridine rings is 1. The fourth-order valence-corrected chi connectivity index (χ4v) is 15.1. The first-order valence-electron chi connectivity index (χ1n) is 38.6. The van der Waals surface area contributed by atoms with Crippen molar-refractivity contribution in [3.63, 3.8) is 0 Å². The van der Waals surface area contributed by atoms with Crippen molar-refractivity contribution >= 4 is 52.0 Å². The van der Waals surface area contributed by atoms with Crippen LogP contribution in [0.5, 0.6) is 0 Å². The van der Waals surface area contributed by atoms with E-state index in [0.29, 0.717) is 68.1 Å². The fourth-order valence-electron chi connectivity index (χ4n) is 15.1. The number of fused-ring (bicyclic) bond motifs is 3. The summed E-state index contributed by atoms with van der Waals surface area (Å²) in [6.45, 7) is 47.4. The molecule has 3 aromatic carbocycles. The molecule has 7 atom stereocenters. The molecule has 544 valence electrons. The number of nitrogens with zero attached hydrogens (tertiary/aromatic N) is 6. The molecule has 1 saturated carbocycles. The van der Waals surface area contributed by atoms with Crippen LogP contribution < -0.4 is 10.4 Å². The molecule has 0 radical (unpaired) electrons. The third-order valence-corrected chi connectivity index (χ3v) is 20.8. The van der Waals surface area contributed by atoms with E-state index in [1.54, 1.807) is 6.07 Å². The molecule has 5 aromatic rings. The van der Waals surface area contributed by atoms with Gasteiger partial charge in [-0.1, -0.05) is 174 Å². The number of aliphatic hydroxyl groups excluding tert-OH is 1. The number of aromatic nitrogens is 3. The number of piperidine rings is 1. The summed E-state index contributed by atoms with van der Waals surface area (Å²) in [4.78, 5) is 39.1. The molecular weight excluding hydrogens is 1210 g/mol. The first-order valence-corrected chi connectivity index (χ1v) is 38.6. The number of ether oxygens (including phenoxy) is 2. The highest BCUT2D eigenvalue weighted by Crippen LogP contribution is 2.46. The lowest BCUT2D eigenvalue weighted by Crippen LogP contribution is -2.48. The number of benzene rings is 3. The maximum absolute atomic E-state index is 15.2. The number of aliphatic hydroxyl groups is 2. The number of aliphatic imine (C=N–C) groups is 1. The Hall–Kier alpha value is -5.34. The summed E-state index contributed by atoms with van der Waals surface area (Å²) < 4.78 is 29.0. The van der Waals surface area contributed by atoms with Crippen LogP contribution in [0.25, 0.3) is 45.3 Å². The number of rotatable bonds is 29. The van der Waals surface area contributed by atoms with Crippen LogP contribution >= 0.6 is 0 Å². The number of halogens is 1. The molecule has 1 aliphatic carbocycles. The van der Waals surface area contributed by atoms with Crippen molar-refractivity contribution < 1.29 is 33.7 Å². The van der Waals surface area contributed by atoms with E-state index in [9.17, 15) is 19.8 Å². The second-order valence-electron chi connectivity index (χ2n) is 28.3. The normalized spacial score (nSPS) is 19.9. The molecule has 2 N–H and O–H groups in total. The van der Waals surface area contributed by atoms with Gasteiger partial charge >= 0.3 is 0 Å². The number of carbonyl (C=O) groups is 2. The van der Waals surface area contributed by atoms with Gasteiger partial charge < -0.3 is 29.4 Å². The van der Waals surface area contributed by atoms with Gasteiger partial charge in [-0.2, -0.15) is 10.1 Å². The van der Waals surface area contributed by atoms with Gasteiger partial charge in [0.25, 0.3) is 0 Å². The van der Waals surface area contributed by atoms with E-state index in [4.69, 9.17) is 24.5 Å². The van der Waals surface area contributed by atoms with E-state index in [0.717, 1.165) is 131 Å². The van der Waals surface area contributed by atoms with E-state index in [1.165, 1.54) is 93.7 Å². The lowest BCUT2D eigenvalue weighted by molar-refractivity contribution is -0.124. The van der Waals surface area contributed by atoms with Crippen molar-refractivity contribution in [2.45, 2.75) is 308 Å². The zero-order valence-electron chi connectivity index (χ0n) is 64.8. The van der Waals surface area contributed by atoms with Crippen LogP contribution in [0, 0.1) is 37.4 Å². The Kier molecular flexibility index (Phi) is 36.4. The van der Waals surface area contributed by atoms with Gasteiger partial charge in [0.1, 0.15) is 37.1 Å². The van der Waals surface area contributed by atoms with Gasteiger partial charge in [-0.25, -0.2) is 4.39 Å². The zero-order chi connectivity index (χ0) is 72.2. The van der Waals surface area contributed by atoms with E-state index in [1.807, 2.05) is 100 Å². The van der Waals surface area contributed by atoms with Crippen LogP contribution in [0.15, 0.2) is 47.6 Å². The van der Waals surface area contributed by atoms with Gasteiger partial charge in [0.05, 0.1) is 40.6 Å². The molecule has 5 heterocycles. The average molecular weight is 1340 g/mol. The second kappa shape index (κ2) is 42.0. The van der Waals surface area contributed by atoms with Gasteiger partial charge in [0.2, 0.25) is 0 Å². The summed E-state index contributed by atoms with van der Waals surface area (Å²) in [5.41, 5.74) is 8.45. The summed E-state index contributed by atoms with van der Waals surface area (Å²) in [7, 11) is 1.97. The highest BCUT2D eigenvalue weighted by atomic mass is 19.1. The first-order chi connectivity index (χ1) is 46.6. The monoisotopic (exact) mass is 1340 g/mol. The molecule has 4 aliphatic rings. The second-order valence-corrected chi connectivity index (χ2v) is 28.3. The Morgan fingerprint density at radius 3 is 2.18 bits per heavy atom. The smallest absolute Gasteiger partial charge is 0.186 e. The number of aldehydes is 1. The van der Waals surface area contributed by atoms with Crippen LogP contribution in [-0.2, 0) is 32.5 Å². The Morgan fingerprint density at radius 2 is 1.57 bits per heavy atom. The topological polar surface area (TPSA) is 143 Å². The van der Waals surface area contributed by atoms with Crippen molar-refractivity contribution in [2.24, 2.45) is 29.8 Å². The van der Waals surface area contributed by atoms with E-state index >= 15 is 4.39 Å². The third-order valence-electron chi connectivity index (χ3n) is 20.8. The molecule has 5 unspecified atom stereocenters. The number of hydrogen-bond donors (Lipinski definition) is 2. The Morgan fingerprint density at radius 1 is 0.866 bits per heavy atom. The first kappa shape index (κ1) is 84.1. The van der Waals surface area contributed by atoms with Crippen molar-refractivity contribution in [2.75, 3.05) is 39.6 Å². The molecular formula is C84H135FN6O6.